The normalized spacial score (nSPS) is 23.5. The first kappa shape index (κ1) is 17.7. The molecule has 1 aliphatic carbocycles. The van der Waals surface area contributed by atoms with Crippen molar-refractivity contribution in [1.82, 2.24) is 4.90 Å². The lowest BCUT2D eigenvalue weighted by Gasteiger charge is -2.17. The second-order valence-corrected chi connectivity index (χ2v) is 7.85. The number of nitrogens with zero attached hydrogens (tertiary/aromatic N) is 1. The zero-order chi connectivity index (χ0) is 19.0. The number of nitrogens with one attached hydrogen (secondary N) is 1. The molecule has 2 aromatic carbocycles. The van der Waals surface area contributed by atoms with E-state index in [9.17, 15) is 14.0 Å². The van der Waals surface area contributed by atoms with E-state index in [1.165, 1.54) is 17.7 Å². The summed E-state index contributed by atoms with van der Waals surface area (Å²) in [4.78, 5) is 27.0. The van der Waals surface area contributed by atoms with Crippen molar-refractivity contribution in [3.63, 3.8) is 0 Å². The van der Waals surface area contributed by atoms with Gasteiger partial charge in [0.1, 0.15) is 5.82 Å². The van der Waals surface area contributed by atoms with Crippen LogP contribution in [0.2, 0.25) is 0 Å². The number of amides is 2. The van der Waals surface area contributed by atoms with Gasteiger partial charge in [0, 0.05) is 30.1 Å². The molecule has 5 heteroatoms. The second kappa shape index (κ2) is 6.80. The monoisotopic (exact) mass is 366 g/mol. The Hall–Kier alpha value is -2.69. The first-order chi connectivity index (χ1) is 12.9. The van der Waals surface area contributed by atoms with Crippen LogP contribution in [0.15, 0.2) is 48.5 Å². The average Bonchev–Trinajstić information content (AvgIpc) is 3.17. The van der Waals surface area contributed by atoms with Gasteiger partial charge in [0.25, 0.3) is 0 Å². The standard InChI is InChI=1S/C22H23FN2O2/c1-15-5-7-16(8-6-15)11-20(26)25-10-9-22(14-25)13-19(22)21(27)24-18-4-2-3-17(23)12-18/h2-8,12,19H,9-11,13-14H2,1H3,(H,24,27)/t19-,22-/m1/s1. The number of carbonyl (C=O) groups is 2. The number of anilines is 1. The molecule has 140 valence electrons. The fourth-order valence-electron chi connectivity index (χ4n) is 4.07. The van der Waals surface area contributed by atoms with Crippen molar-refractivity contribution in [2.45, 2.75) is 26.2 Å². The van der Waals surface area contributed by atoms with E-state index in [0.29, 0.717) is 25.2 Å². The van der Waals surface area contributed by atoms with E-state index >= 15 is 0 Å². The van der Waals surface area contributed by atoms with Gasteiger partial charge in [0.15, 0.2) is 0 Å². The van der Waals surface area contributed by atoms with Gasteiger partial charge < -0.3 is 10.2 Å². The van der Waals surface area contributed by atoms with Gasteiger partial charge in [-0.05, 0) is 43.5 Å². The molecule has 1 saturated heterocycles. The largest absolute Gasteiger partial charge is 0.342 e. The van der Waals surface area contributed by atoms with Crippen LogP contribution in [0.4, 0.5) is 10.1 Å². The number of aryl methyl sites for hydroxylation is 1. The summed E-state index contributed by atoms with van der Waals surface area (Å²) < 4.78 is 13.3. The molecule has 1 aliphatic heterocycles. The van der Waals surface area contributed by atoms with Crippen LogP contribution in [-0.4, -0.2) is 29.8 Å². The van der Waals surface area contributed by atoms with Crippen LogP contribution >= 0.6 is 0 Å². The highest BCUT2D eigenvalue weighted by molar-refractivity contribution is 5.95. The molecule has 1 N–H and O–H groups in total. The highest BCUT2D eigenvalue weighted by atomic mass is 19.1. The molecule has 0 aromatic heterocycles. The van der Waals surface area contributed by atoms with Gasteiger partial charge in [-0.2, -0.15) is 0 Å². The van der Waals surface area contributed by atoms with Crippen LogP contribution in [-0.2, 0) is 16.0 Å². The van der Waals surface area contributed by atoms with Crippen LogP contribution in [0.1, 0.15) is 24.0 Å². The summed E-state index contributed by atoms with van der Waals surface area (Å²) >= 11 is 0. The molecule has 0 bridgehead atoms. The van der Waals surface area contributed by atoms with E-state index < -0.39 is 0 Å². The first-order valence-corrected chi connectivity index (χ1v) is 9.35. The Morgan fingerprint density at radius 3 is 2.74 bits per heavy atom. The number of likely N-dealkylation sites (tertiary alicyclic amines) is 1. The number of benzene rings is 2. The van der Waals surface area contributed by atoms with Gasteiger partial charge in [0.2, 0.25) is 11.8 Å². The lowest BCUT2D eigenvalue weighted by atomic mass is 10.0. The summed E-state index contributed by atoms with van der Waals surface area (Å²) in [5, 5.41) is 2.80. The van der Waals surface area contributed by atoms with Crippen LogP contribution in [0.25, 0.3) is 0 Å². The fourth-order valence-corrected chi connectivity index (χ4v) is 4.07. The van der Waals surface area contributed by atoms with Crippen LogP contribution < -0.4 is 5.32 Å². The van der Waals surface area contributed by atoms with E-state index in [1.54, 1.807) is 12.1 Å². The molecule has 2 aromatic rings. The highest BCUT2D eigenvalue weighted by Crippen LogP contribution is 2.58. The number of hydrogen-bond donors (Lipinski definition) is 1. The Bertz CT molecular complexity index is 880. The average molecular weight is 366 g/mol. The molecule has 1 saturated carbocycles. The molecule has 2 atom stereocenters. The predicted molar refractivity (Wildman–Crippen MR) is 102 cm³/mol. The molecule has 1 spiro atoms. The van der Waals surface area contributed by atoms with E-state index in [2.05, 4.69) is 5.32 Å². The zero-order valence-electron chi connectivity index (χ0n) is 15.4. The Balaban J connectivity index is 1.33. The van der Waals surface area contributed by atoms with Crippen LogP contribution in [0, 0.1) is 24.1 Å². The minimum Gasteiger partial charge on any atom is -0.342 e. The van der Waals surface area contributed by atoms with Crippen molar-refractivity contribution < 1.29 is 14.0 Å². The van der Waals surface area contributed by atoms with Gasteiger partial charge in [0.05, 0.1) is 6.42 Å². The summed E-state index contributed by atoms with van der Waals surface area (Å²) in [6, 6.07) is 13.9. The van der Waals surface area contributed by atoms with Crippen molar-refractivity contribution in [3.05, 3.63) is 65.5 Å². The summed E-state index contributed by atoms with van der Waals surface area (Å²) in [6.45, 7) is 3.37. The minimum atomic E-state index is -0.368. The second-order valence-electron chi connectivity index (χ2n) is 7.85. The Morgan fingerprint density at radius 1 is 1.22 bits per heavy atom. The van der Waals surface area contributed by atoms with Crippen molar-refractivity contribution in [1.29, 1.82) is 0 Å². The summed E-state index contributed by atoms with van der Waals surface area (Å²) in [5.74, 6) is -0.426. The molecule has 2 fully saturated rings. The van der Waals surface area contributed by atoms with Gasteiger partial charge in [-0.3, -0.25) is 9.59 Å². The number of halogens is 1. The first-order valence-electron chi connectivity index (χ1n) is 9.35. The SMILES string of the molecule is Cc1ccc(CC(=O)N2CC[C@@]3(C[C@@H]3C(=O)Nc3cccc(F)c3)C2)cc1. The molecule has 0 radical (unpaired) electrons. The molecule has 27 heavy (non-hydrogen) atoms. The van der Waals surface area contributed by atoms with E-state index in [4.69, 9.17) is 0 Å². The fraction of sp³-hybridized carbons (Fsp3) is 0.364. The number of rotatable bonds is 4. The van der Waals surface area contributed by atoms with E-state index in [1.807, 2.05) is 36.1 Å². The summed E-state index contributed by atoms with van der Waals surface area (Å²) in [5.41, 5.74) is 2.58. The number of hydrogen-bond acceptors (Lipinski definition) is 2. The molecule has 2 aliphatic rings. The lowest BCUT2D eigenvalue weighted by Crippen LogP contribution is -2.31. The Labute approximate surface area is 158 Å². The van der Waals surface area contributed by atoms with Crippen molar-refractivity contribution in [3.8, 4) is 0 Å². The quantitative estimate of drug-likeness (QED) is 0.900. The minimum absolute atomic E-state index is 0.0755. The highest BCUT2D eigenvalue weighted by Gasteiger charge is 2.61. The molecule has 0 unspecified atom stereocenters. The lowest BCUT2D eigenvalue weighted by molar-refractivity contribution is -0.129. The van der Waals surface area contributed by atoms with Gasteiger partial charge >= 0.3 is 0 Å². The van der Waals surface area contributed by atoms with Gasteiger partial charge in [-0.15, -0.1) is 0 Å². The van der Waals surface area contributed by atoms with Crippen LogP contribution in [0.3, 0.4) is 0 Å². The Morgan fingerprint density at radius 2 is 2.00 bits per heavy atom. The van der Waals surface area contributed by atoms with Crippen molar-refractivity contribution >= 4 is 17.5 Å². The molecule has 4 nitrogen and oxygen atoms in total. The van der Waals surface area contributed by atoms with Crippen molar-refractivity contribution in [2.24, 2.45) is 11.3 Å². The molecule has 1 heterocycles. The van der Waals surface area contributed by atoms with Gasteiger partial charge in [-0.25, -0.2) is 4.39 Å². The third-order valence-corrected chi connectivity index (χ3v) is 5.81. The maximum atomic E-state index is 13.3. The smallest absolute Gasteiger partial charge is 0.228 e. The molecular weight excluding hydrogens is 343 g/mol. The maximum absolute atomic E-state index is 13.3. The topological polar surface area (TPSA) is 49.4 Å². The maximum Gasteiger partial charge on any atom is 0.228 e. The zero-order valence-corrected chi connectivity index (χ0v) is 15.4. The Kier molecular flexibility index (Phi) is 4.46. The number of carbonyl (C=O) groups excluding carboxylic acids is 2. The van der Waals surface area contributed by atoms with E-state index in [0.717, 1.165) is 18.4 Å². The van der Waals surface area contributed by atoms with E-state index in [-0.39, 0.29) is 29.0 Å². The van der Waals surface area contributed by atoms with Crippen molar-refractivity contribution in [2.75, 3.05) is 18.4 Å². The third-order valence-electron chi connectivity index (χ3n) is 5.81. The summed E-state index contributed by atoms with van der Waals surface area (Å²) in [6.07, 6.45) is 2.05. The third kappa shape index (κ3) is 3.72. The van der Waals surface area contributed by atoms with Crippen LogP contribution in [0.5, 0.6) is 0 Å². The molecule has 2 amide bonds. The predicted octanol–water partition coefficient (Wildman–Crippen LogP) is 3.55. The van der Waals surface area contributed by atoms with Gasteiger partial charge in [-0.1, -0.05) is 35.9 Å². The summed E-state index contributed by atoms with van der Waals surface area (Å²) in [7, 11) is 0. The molecule has 4 rings (SSSR count). The molecular formula is C22H23FN2O2.